The van der Waals surface area contributed by atoms with Crippen molar-refractivity contribution in [1.29, 1.82) is 0 Å². The Balaban J connectivity index is 2.20. The molecule has 0 saturated heterocycles. The molecule has 0 spiro atoms. The Bertz CT molecular complexity index is 1350. The van der Waals surface area contributed by atoms with Gasteiger partial charge < -0.3 is 9.47 Å². The number of ether oxygens (including phenoxy) is 2. The van der Waals surface area contributed by atoms with Gasteiger partial charge in [-0.1, -0.05) is 84.7 Å². The van der Waals surface area contributed by atoms with Crippen LogP contribution in [-0.4, -0.2) is 11.9 Å². The number of rotatable bonds is 17. The van der Waals surface area contributed by atoms with Gasteiger partial charge in [-0.2, -0.15) is 0 Å². The van der Waals surface area contributed by atoms with E-state index in [1.807, 2.05) is 45.0 Å². The van der Waals surface area contributed by atoms with Gasteiger partial charge in [-0.15, -0.1) is 0 Å². The third kappa shape index (κ3) is 12.4. The highest BCUT2D eigenvalue weighted by atomic mass is 16.5. The molecule has 43 heavy (non-hydrogen) atoms. The highest BCUT2D eigenvalue weighted by Crippen LogP contribution is 2.41. The Morgan fingerprint density at radius 1 is 0.628 bits per heavy atom. The predicted molar refractivity (Wildman–Crippen MR) is 182 cm³/mol. The van der Waals surface area contributed by atoms with E-state index in [9.17, 15) is 9.59 Å². The minimum Gasteiger partial charge on any atom is -0.426 e. The summed E-state index contributed by atoms with van der Waals surface area (Å²) in [7, 11) is 0. The molecule has 0 bridgehead atoms. The molecule has 0 fully saturated rings. The van der Waals surface area contributed by atoms with Crippen LogP contribution in [0, 0.1) is 6.92 Å². The molecule has 0 radical (unpaired) electrons. The fourth-order valence-electron chi connectivity index (χ4n) is 5.05. The van der Waals surface area contributed by atoms with Gasteiger partial charge in [0.15, 0.2) is 0 Å². The van der Waals surface area contributed by atoms with Crippen molar-refractivity contribution in [1.82, 2.24) is 0 Å². The van der Waals surface area contributed by atoms with Crippen LogP contribution in [0.3, 0.4) is 0 Å². The molecule has 0 aliphatic heterocycles. The number of allylic oxidation sites excluding steroid dienone is 8. The first kappa shape index (κ1) is 35.8. The lowest BCUT2D eigenvalue weighted by Crippen LogP contribution is -2.13. The number of carbonyl (C=O) groups is 2. The van der Waals surface area contributed by atoms with Gasteiger partial charge in [0.2, 0.25) is 0 Å². The van der Waals surface area contributed by atoms with E-state index in [0.717, 1.165) is 73.3 Å². The van der Waals surface area contributed by atoms with Crippen molar-refractivity contribution < 1.29 is 19.1 Å². The zero-order chi connectivity index (χ0) is 31.8. The van der Waals surface area contributed by atoms with E-state index in [0.29, 0.717) is 30.8 Å². The van der Waals surface area contributed by atoms with E-state index in [4.69, 9.17) is 9.47 Å². The Morgan fingerprint density at radius 2 is 1.07 bits per heavy atom. The molecule has 0 N–H and O–H groups in total. The highest BCUT2D eigenvalue weighted by molar-refractivity contribution is 5.98. The van der Waals surface area contributed by atoms with E-state index in [1.165, 1.54) is 22.3 Å². The van der Waals surface area contributed by atoms with Crippen molar-refractivity contribution in [3.05, 3.63) is 82.0 Å². The minimum atomic E-state index is -0.249. The minimum absolute atomic E-state index is 0.247. The van der Waals surface area contributed by atoms with Crippen LogP contribution < -0.4 is 9.47 Å². The Kier molecular flexibility index (Phi) is 15.8. The second kappa shape index (κ2) is 19.0. The predicted octanol–water partition coefficient (Wildman–Crippen LogP) is 11.2. The van der Waals surface area contributed by atoms with Crippen molar-refractivity contribution in [3.63, 3.8) is 0 Å². The molecule has 0 amide bonds. The molecule has 2 aromatic carbocycles. The van der Waals surface area contributed by atoms with Gasteiger partial charge in [0, 0.05) is 29.2 Å². The monoisotopic (exact) mass is 586 g/mol. The maximum atomic E-state index is 12.7. The summed E-state index contributed by atoms with van der Waals surface area (Å²) in [6.45, 7) is 16.8. The molecule has 0 heterocycles. The first-order valence-electron chi connectivity index (χ1n) is 16.1. The van der Waals surface area contributed by atoms with Gasteiger partial charge in [0.1, 0.15) is 11.5 Å². The molecular formula is C39H54O4. The quantitative estimate of drug-likeness (QED) is 0.105. The van der Waals surface area contributed by atoms with Crippen LogP contribution >= 0.6 is 0 Å². The van der Waals surface area contributed by atoms with E-state index in [2.05, 4.69) is 58.9 Å². The lowest BCUT2D eigenvalue weighted by Gasteiger charge is -2.19. The molecule has 0 aromatic heterocycles. The Hall–Kier alpha value is -3.40. The van der Waals surface area contributed by atoms with Gasteiger partial charge in [-0.25, -0.2) is 0 Å². The molecule has 2 rings (SSSR count). The summed E-state index contributed by atoms with van der Waals surface area (Å²) in [5.74, 6) is 0.639. The van der Waals surface area contributed by atoms with Crippen LogP contribution in [-0.2, 0) is 16.0 Å². The van der Waals surface area contributed by atoms with Crippen LogP contribution in [0.5, 0.6) is 11.5 Å². The summed E-state index contributed by atoms with van der Waals surface area (Å²) >= 11 is 0. The SMILES string of the molecule is CCCC(=O)Oc1c(C)c(C/C=C(\C)CC/C=C(\C)CC/C=C(\C)CCC=C(C)C)c(OC(=O)CCC)c2ccccc12. The van der Waals surface area contributed by atoms with E-state index >= 15 is 0 Å². The normalized spacial score (nSPS) is 12.4. The smallest absolute Gasteiger partial charge is 0.311 e. The fourth-order valence-corrected chi connectivity index (χ4v) is 5.05. The maximum Gasteiger partial charge on any atom is 0.311 e. The lowest BCUT2D eigenvalue weighted by molar-refractivity contribution is -0.135. The third-order valence-electron chi connectivity index (χ3n) is 7.63. The van der Waals surface area contributed by atoms with E-state index in [-0.39, 0.29) is 11.9 Å². The lowest BCUT2D eigenvalue weighted by atomic mass is 9.95. The van der Waals surface area contributed by atoms with Crippen molar-refractivity contribution in [2.45, 2.75) is 126 Å². The maximum absolute atomic E-state index is 12.7. The van der Waals surface area contributed by atoms with Crippen molar-refractivity contribution in [2.24, 2.45) is 0 Å². The molecule has 0 unspecified atom stereocenters. The fraction of sp³-hybridized carbons (Fsp3) is 0.487. The van der Waals surface area contributed by atoms with Crippen molar-refractivity contribution in [2.75, 3.05) is 0 Å². The molecule has 4 nitrogen and oxygen atoms in total. The molecule has 0 saturated carbocycles. The topological polar surface area (TPSA) is 52.6 Å². The van der Waals surface area contributed by atoms with Crippen LogP contribution in [0.4, 0.5) is 0 Å². The summed E-state index contributed by atoms with van der Waals surface area (Å²) in [6, 6.07) is 7.70. The second-order valence-corrected chi connectivity index (χ2v) is 12.0. The summed E-state index contributed by atoms with van der Waals surface area (Å²) in [5, 5.41) is 1.57. The van der Waals surface area contributed by atoms with Crippen LogP contribution in [0.15, 0.2) is 70.9 Å². The number of benzene rings is 2. The largest absolute Gasteiger partial charge is 0.426 e. The number of carbonyl (C=O) groups excluding carboxylic acids is 2. The van der Waals surface area contributed by atoms with Crippen LogP contribution in [0.2, 0.25) is 0 Å². The van der Waals surface area contributed by atoms with E-state index in [1.54, 1.807) is 0 Å². The summed E-state index contributed by atoms with van der Waals surface area (Å²) in [6.07, 6.45) is 18.4. The van der Waals surface area contributed by atoms with Crippen molar-refractivity contribution in [3.8, 4) is 11.5 Å². The third-order valence-corrected chi connectivity index (χ3v) is 7.63. The summed E-state index contributed by atoms with van der Waals surface area (Å²) in [5.41, 5.74) is 7.29. The van der Waals surface area contributed by atoms with E-state index < -0.39 is 0 Å². The Labute approximate surface area is 260 Å². The molecule has 2 aromatic rings. The van der Waals surface area contributed by atoms with Gasteiger partial charge in [-0.3, -0.25) is 9.59 Å². The second-order valence-electron chi connectivity index (χ2n) is 12.0. The molecule has 234 valence electrons. The standard InChI is InChI=1S/C39H54O4/c1-9-16-36(40)42-38-32(8)33(39(43-37(41)17-10-2)35-25-12-11-24-34(35)38)27-26-31(7)23-15-22-30(6)21-14-20-29(5)19-13-18-28(3)4/h11-12,18,20,22,24-26H,9-10,13-17,19,21,23,27H2,1-8H3/b29-20+,30-22+,31-26+. The zero-order valence-corrected chi connectivity index (χ0v) is 28.0. The van der Waals surface area contributed by atoms with Crippen LogP contribution in [0.1, 0.15) is 124 Å². The molecular weight excluding hydrogens is 532 g/mol. The number of esters is 2. The first-order valence-corrected chi connectivity index (χ1v) is 16.1. The zero-order valence-electron chi connectivity index (χ0n) is 28.0. The first-order chi connectivity index (χ1) is 20.6. The molecule has 0 atom stereocenters. The molecule has 0 aliphatic rings. The Morgan fingerprint density at radius 3 is 1.56 bits per heavy atom. The van der Waals surface area contributed by atoms with Crippen LogP contribution in [0.25, 0.3) is 10.8 Å². The van der Waals surface area contributed by atoms with Gasteiger partial charge in [-0.05, 0) is 105 Å². The highest BCUT2D eigenvalue weighted by Gasteiger charge is 2.22. The average Bonchev–Trinajstić information content (AvgIpc) is 2.95. The number of hydrogen-bond donors (Lipinski definition) is 0. The van der Waals surface area contributed by atoms with Gasteiger partial charge >= 0.3 is 11.9 Å². The van der Waals surface area contributed by atoms with Gasteiger partial charge in [0.05, 0.1) is 0 Å². The molecule has 0 aliphatic carbocycles. The number of fused-ring (bicyclic) bond motifs is 1. The average molecular weight is 587 g/mol. The van der Waals surface area contributed by atoms with Crippen molar-refractivity contribution >= 4 is 22.7 Å². The molecule has 4 heteroatoms. The summed E-state index contributed by atoms with van der Waals surface area (Å²) in [4.78, 5) is 25.2. The number of hydrogen-bond acceptors (Lipinski definition) is 4. The van der Waals surface area contributed by atoms with Gasteiger partial charge in [0.25, 0.3) is 0 Å². The summed E-state index contributed by atoms with van der Waals surface area (Å²) < 4.78 is 11.9.